The van der Waals surface area contributed by atoms with Crippen molar-refractivity contribution in [1.82, 2.24) is 0 Å². The summed E-state index contributed by atoms with van der Waals surface area (Å²) in [5.41, 5.74) is 2.21. The smallest absolute Gasteiger partial charge is 0.0787 e. The molecule has 1 aliphatic heterocycles. The van der Waals surface area contributed by atoms with Crippen molar-refractivity contribution in [3.8, 4) is 0 Å². The van der Waals surface area contributed by atoms with Gasteiger partial charge in [0, 0.05) is 25.4 Å². The van der Waals surface area contributed by atoms with E-state index in [1.165, 1.54) is 5.69 Å². The predicted molar refractivity (Wildman–Crippen MR) is 73.7 cm³/mol. The molecule has 1 saturated heterocycles. The first-order valence-electron chi connectivity index (χ1n) is 6.88. The van der Waals surface area contributed by atoms with Gasteiger partial charge in [-0.15, -0.1) is 0 Å². The van der Waals surface area contributed by atoms with Crippen LogP contribution < -0.4 is 4.90 Å². The molecular weight excluding hydrogens is 226 g/mol. The maximum absolute atomic E-state index is 9.76. The number of aliphatic hydroxyl groups excluding tert-OH is 2. The Kier molecular flexibility index (Phi) is 4.61. The minimum atomic E-state index is -0.348. The van der Waals surface area contributed by atoms with Gasteiger partial charge < -0.3 is 15.1 Å². The van der Waals surface area contributed by atoms with Crippen molar-refractivity contribution in [2.75, 3.05) is 24.6 Å². The number of nitrogens with zero attached hydrogens (tertiary/aromatic N) is 1. The Morgan fingerprint density at radius 3 is 2.33 bits per heavy atom. The lowest BCUT2D eigenvalue weighted by Crippen LogP contribution is -2.34. The second kappa shape index (κ2) is 6.21. The third kappa shape index (κ3) is 3.03. The van der Waals surface area contributed by atoms with E-state index in [-0.39, 0.29) is 6.10 Å². The summed E-state index contributed by atoms with van der Waals surface area (Å²) in [6, 6.07) is 8.21. The zero-order valence-corrected chi connectivity index (χ0v) is 11.0. The average Bonchev–Trinajstić information content (AvgIpc) is 2.47. The molecule has 100 valence electrons. The second-order valence-electron chi connectivity index (χ2n) is 5.13. The fourth-order valence-corrected chi connectivity index (χ4v) is 2.52. The highest BCUT2D eigenvalue weighted by Gasteiger charge is 2.18. The molecule has 1 fully saturated rings. The Labute approximate surface area is 109 Å². The fraction of sp³-hybridized carbons (Fsp3) is 0.600. The number of anilines is 1. The van der Waals surface area contributed by atoms with Gasteiger partial charge in [-0.1, -0.05) is 19.1 Å². The van der Waals surface area contributed by atoms with Crippen molar-refractivity contribution in [2.24, 2.45) is 5.92 Å². The summed E-state index contributed by atoms with van der Waals surface area (Å²) in [4.78, 5) is 2.36. The van der Waals surface area contributed by atoms with Gasteiger partial charge in [-0.3, -0.25) is 0 Å². The molecule has 0 unspecified atom stereocenters. The molecule has 0 amide bonds. The van der Waals surface area contributed by atoms with Crippen molar-refractivity contribution in [1.29, 1.82) is 0 Å². The Morgan fingerprint density at radius 1 is 1.22 bits per heavy atom. The van der Waals surface area contributed by atoms with E-state index < -0.39 is 0 Å². The molecule has 0 aliphatic carbocycles. The molecule has 0 aromatic heterocycles. The first-order valence-corrected chi connectivity index (χ1v) is 6.88. The van der Waals surface area contributed by atoms with Crippen molar-refractivity contribution < 1.29 is 10.2 Å². The minimum Gasteiger partial charge on any atom is -0.396 e. The molecule has 3 nitrogen and oxygen atoms in total. The zero-order chi connectivity index (χ0) is 13.0. The summed E-state index contributed by atoms with van der Waals surface area (Å²) < 4.78 is 0. The van der Waals surface area contributed by atoms with E-state index in [0.29, 0.717) is 12.5 Å². The Morgan fingerprint density at radius 2 is 1.83 bits per heavy atom. The van der Waals surface area contributed by atoms with Gasteiger partial charge in [0.1, 0.15) is 0 Å². The fourth-order valence-electron chi connectivity index (χ4n) is 2.52. The van der Waals surface area contributed by atoms with Gasteiger partial charge in [-0.25, -0.2) is 0 Å². The van der Waals surface area contributed by atoms with Crippen molar-refractivity contribution in [2.45, 2.75) is 32.3 Å². The molecule has 0 saturated carbocycles. The molecule has 3 heteroatoms. The lowest BCUT2D eigenvalue weighted by molar-refractivity contribution is 0.173. The molecule has 2 N–H and O–H groups in total. The first-order chi connectivity index (χ1) is 8.74. The molecule has 1 heterocycles. The molecule has 0 radical (unpaired) electrons. The minimum absolute atomic E-state index is 0.315. The summed E-state index contributed by atoms with van der Waals surface area (Å²) in [5, 5.41) is 18.9. The van der Waals surface area contributed by atoms with Crippen LogP contribution >= 0.6 is 0 Å². The van der Waals surface area contributed by atoms with Crippen molar-refractivity contribution in [3.63, 3.8) is 0 Å². The first kappa shape index (κ1) is 13.4. The lowest BCUT2D eigenvalue weighted by atomic mass is 9.97. The van der Waals surface area contributed by atoms with E-state index in [9.17, 15) is 5.11 Å². The molecule has 18 heavy (non-hydrogen) atoms. The highest BCUT2D eigenvalue weighted by molar-refractivity contribution is 5.48. The van der Waals surface area contributed by atoms with E-state index in [1.54, 1.807) is 0 Å². The normalized spacial score (nSPS) is 18.9. The van der Waals surface area contributed by atoms with Gasteiger partial charge in [0.2, 0.25) is 0 Å². The van der Waals surface area contributed by atoms with Gasteiger partial charge in [-0.05, 0) is 42.9 Å². The van der Waals surface area contributed by atoms with Crippen LogP contribution in [0.5, 0.6) is 0 Å². The molecular formula is C15H23NO2. The van der Waals surface area contributed by atoms with Gasteiger partial charge in [0.15, 0.2) is 0 Å². The van der Waals surface area contributed by atoms with Gasteiger partial charge in [-0.2, -0.15) is 0 Å². The largest absolute Gasteiger partial charge is 0.396 e. The van der Waals surface area contributed by atoms with Crippen LogP contribution in [0.2, 0.25) is 0 Å². The molecule has 1 aliphatic rings. The number of hydrogen-bond donors (Lipinski definition) is 2. The summed E-state index contributed by atoms with van der Waals surface area (Å²) in [6.07, 6.45) is 2.53. The predicted octanol–water partition coefficient (Wildman–Crippen LogP) is 2.34. The van der Waals surface area contributed by atoms with E-state index in [0.717, 1.165) is 37.9 Å². The van der Waals surface area contributed by atoms with Crippen LogP contribution in [0.15, 0.2) is 24.3 Å². The lowest BCUT2D eigenvalue weighted by Gasteiger charge is -2.33. The van der Waals surface area contributed by atoms with Crippen LogP contribution in [-0.2, 0) is 0 Å². The highest BCUT2D eigenvalue weighted by Crippen LogP contribution is 2.25. The van der Waals surface area contributed by atoms with Gasteiger partial charge in [0.05, 0.1) is 6.10 Å². The third-order valence-corrected chi connectivity index (χ3v) is 3.90. The number of rotatable bonds is 4. The van der Waals surface area contributed by atoms with Crippen molar-refractivity contribution in [3.05, 3.63) is 29.8 Å². The molecule has 2 rings (SSSR count). The van der Waals surface area contributed by atoms with Crippen LogP contribution in [-0.4, -0.2) is 29.9 Å². The Bertz CT molecular complexity index is 355. The summed E-state index contributed by atoms with van der Waals surface area (Å²) in [7, 11) is 0. The molecule has 1 aromatic rings. The van der Waals surface area contributed by atoms with Crippen LogP contribution in [0.4, 0.5) is 5.69 Å². The van der Waals surface area contributed by atoms with Gasteiger partial charge >= 0.3 is 0 Å². The van der Waals surface area contributed by atoms with E-state index >= 15 is 0 Å². The summed E-state index contributed by atoms with van der Waals surface area (Å²) in [6.45, 7) is 4.33. The van der Waals surface area contributed by atoms with Crippen molar-refractivity contribution >= 4 is 5.69 Å². The van der Waals surface area contributed by atoms with Gasteiger partial charge in [0.25, 0.3) is 0 Å². The molecule has 1 atom stereocenters. The van der Waals surface area contributed by atoms with E-state index in [4.69, 9.17) is 5.11 Å². The molecule has 0 bridgehead atoms. The highest BCUT2D eigenvalue weighted by atomic mass is 16.3. The monoisotopic (exact) mass is 249 g/mol. The van der Waals surface area contributed by atoms with Crippen LogP contribution in [0.3, 0.4) is 0 Å². The number of piperidine rings is 1. The Balaban J connectivity index is 1.98. The maximum Gasteiger partial charge on any atom is 0.0787 e. The number of benzene rings is 1. The summed E-state index contributed by atoms with van der Waals surface area (Å²) in [5.74, 6) is 0.474. The average molecular weight is 249 g/mol. The second-order valence-corrected chi connectivity index (χ2v) is 5.13. The molecule has 0 spiro atoms. The van der Waals surface area contributed by atoms with Crippen LogP contribution in [0, 0.1) is 5.92 Å². The SMILES string of the molecule is CC[C@@H](O)c1ccc(N2CCC(CO)CC2)cc1. The number of aliphatic hydroxyl groups is 2. The van der Waals surface area contributed by atoms with Crippen LogP contribution in [0.25, 0.3) is 0 Å². The van der Waals surface area contributed by atoms with E-state index in [2.05, 4.69) is 17.0 Å². The van der Waals surface area contributed by atoms with E-state index in [1.807, 2.05) is 19.1 Å². The Hall–Kier alpha value is -1.06. The van der Waals surface area contributed by atoms with Crippen LogP contribution in [0.1, 0.15) is 37.9 Å². The quantitative estimate of drug-likeness (QED) is 0.861. The number of hydrogen-bond acceptors (Lipinski definition) is 3. The summed E-state index contributed by atoms with van der Waals surface area (Å²) >= 11 is 0. The maximum atomic E-state index is 9.76. The zero-order valence-electron chi connectivity index (χ0n) is 11.0. The topological polar surface area (TPSA) is 43.7 Å². The standard InChI is InChI=1S/C15H23NO2/c1-2-15(18)13-3-5-14(6-4-13)16-9-7-12(11-17)8-10-16/h3-6,12,15,17-18H,2,7-11H2,1H3/t15-/m1/s1. The third-order valence-electron chi connectivity index (χ3n) is 3.90. The molecule has 1 aromatic carbocycles.